The van der Waals surface area contributed by atoms with Crippen LogP contribution in [-0.2, 0) is 23.7 Å². The van der Waals surface area contributed by atoms with Crippen molar-refractivity contribution in [3.8, 4) is 0 Å². The van der Waals surface area contributed by atoms with Crippen LogP contribution in [0.2, 0.25) is 0 Å². The maximum Gasteiger partial charge on any atom is 0.220 e. The fourth-order valence-corrected chi connectivity index (χ4v) is 8.92. The number of hydrogen-bond acceptors (Lipinski definition) is 13. The van der Waals surface area contributed by atoms with E-state index < -0.39 is 86.8 Å². The Bertz CT molecular complexity index is 1560. The maximum absolute atomic E-state index is 13.2. The monoisotopic (exact) mass is 1050 g/mol. The smallest absolute Gasteiger partial charge is 0.220 e. The van der Waals surface area contributed by atoms with Gasteiger partial charge in [0.25, 0.3) is 0 Å². The number of carbonyl (C=O) groups is 1. The molecule has 2 saturated heterocycles. The molecule has 9 N–H and O–H groups in total. The molecule has 12 atom stereocenters. The second-order valence-corrected chi connectivity index (χ2v) is 20.0. The number of nitrogens with one attached hydrogen (secondary N) is 1. The Morgan fingerprint density at radius 2 is 0.946 bits per heavy atom. The molecule has 0 aromatic carbocycles. The number of aliphatic hydroxyl groups excluding tert-OH is 8. The summed E-state index contributed by atoms with van der Waals surface area (Å²) >= 11 is 0. The molecule has 0 spiro atoms. The van der Waals surface area contributed by atoms with Crippen molar-refractivity contribution < 1.29 is 64.6 Å². The summed E-state index contributed by atoms with van der Waals surface area (Å²) in [5.74, 6) is -0.256. The zero-order chi connectivity index (χ0) is 53.9. The van der Waals surface area contributed by atoms with Gasteiger partial charge in [0.2, 0.25) is 5.91 Å². The fourth-order valence-electron chi connectivity index (χ4n) is 8.92. The lowest BCUT2D eigenvalue weighted by Crippen LogP contribution is -2.65. The quantitative estimate of drug-likeness (QED) is 0.0205. The van der Waals surface area contributed by atoms with Crippen LogP contribution in [-0.4, -0.2) is 140 Å². The van der Waals surface area contributed by atoms with Crippen molar-refractivity contribution in [2.75, 3.05) is 19.8 Å². The van der Waals surface area contributed by atoms with Gasteiger partial charge in [0.05, 0.1) is 32.0 Å². The van der Waals surface area contributed by atoms with Crippen LogP contribution in [0.15, 0.2) is 85.1 Å². The van der Waals surface area contributed by atoms with Crippen molar-refractivity contribution in [1.82, 2.24) is 5.32 Å². The van der Waals surface area contributed by atoms with E-state index in [1.54, 1.807) is 6.08 Å². The Morgan fingerprint density at radius 1 is 0.500 bits per heavy atom. The van der Waals surface area contributed by atoms with E-state index in [2.05, 4.69) is 92.1 Å². The van der Waals surface area contributed by atoms with Gasteiger partial charge < -0.3 is 65.1 Å². The van der Waals surface area contributed by atoms with Gasteiger partial charge in [-0.25, -0.2) is 0 Å². The molecule has 0 radical (unpaired) electrons. The predicted molar refractivity (Wildman–Crippen MR) is 295 cm³/mol. The van der Waals surface area contributed by atoms with Gasteiger partial charge in [-0.15, -0.1) is 0 Å². The summed E-state index contributed by atoms with van der Waals surface area (Å²) in [6.45, 7) is 2.59. The van der Waals surface area contributed by atoms with E-state index in [0.29, 0.717) is 12.8 Å². The SMILES string of the molecule is CC/C=C\C/C=C\C/C=C\C/C=C\C/C=C\CCCCCCCCCCCCCCCCCC(=O)NC(COC1OC(CO)C(OC2OC(CO)C(O)C(O)C2O)C(O)C1O)C(O)/C=C/CC/C=C/CCCCC. The number of ether oxygens (including phenoxy) is 4. The van der Waals surface area contributed by atoms with Crippen LogP contribution >= 0.6 is 0 Å². The van der Waals surface area contributed by atoms with Gasteiger partial charge in [-0.2, -0.15) is 0 Å². The van der Waals surface area contributed by atoms with Crippen LogP contribution in [0.4, 0.5) is 0 Å². The van der Waals surface area contributed by atoms with Crippen molar-refractivity contribution in [2.24, 2.45) is 0 Å². The summed E-state index contributed by atoms with van der Waals surface area (Å²) in [7, 11) is 0. The molecule has 12 unspecified atom stereocenters. The van der Waals surface area contributed by atoms with E-state index in [1.165, 1.54) is 89.9 Å². The Labute approximate surface area is 446 Å². The average Bonchev–Trinajstić information content (AvgIpc) is 3.40. The zero-order valence-corrected chi connectivity index (χ0v) is 45.6. The number of aliphatic hydroxyl groups is 8. The topological polar surface area (TPSA) is 228 Å². The Morgan fingerprint density at radius 3 is 1.49 bits per heavy atom. The number of rotatable bonds is 44. The second kappa shape index (κ2) is 45.2. The highest BCUT2D eigenvalue weighted by molar-refractivity contribution is 5.76. The van der Waals surface area contributed by atoms with E-state index in [-0.39, 0.29) is 18.9 Å². The van der Waals surface area contributed by atoms with Crippen LogP contribution in [0.5, 0.6) is 0 Å². The molecule has 0 aromatic rings. The summed E-state index contributed by atoms with van der Waals surface area (Å²) in [5.41, 5.74) is 0. The fraction of sp³-hybridized carbons (Fsp3) is 0.750. The molecule has 2 fully saturated rings. The van der Waals surface area contributed by atoms with Crippen LogP contribution in [0.1, 0.15) is 194 Å². The van der Waals surface area contributed by atoms with Crippen molar-refractivity contribution in [3.05, 3.63) is 85.1 Å². The van der Waals surface area contributed by atoms with Crippen LogP contribution < -0.4 is 5.32 Å². The molecular formula is C60H103NO13. The van der Waals surface area contributed by atoms with Crippen LogP contribution in [0.3, 0.4) is 0 Å². The van der Waals surface area contributed by atoms with E-state index in [9.17, 15) is 45.6 Å². The van der Waals surface area contributed by atoms with Gasteiger partial charge in [0.15, 0.2) is 12.6 Å². The lowest BCUT2D eigenvalue weighted by Gasteiger charge is -2.46. The first-order valence-corrected chi connectivity index (χ1v) is 28.8. The molecule has 0 aliphatic carbocycles. The normalized spacial score (nSPS) is 25.9. The molecule has 0 aromatic heterocycles. The molecule has 0 saturated carbocycles. The Balaban J connectivity index is 1.64. The molecule has 0 bridgehead atoms. The van der Waals surface area contributed by atoms with Gasteiger partial charge in [-0.05, 0) is 77.0 Å². The lowest BCUT2D eigenvalue weighted by molar-refractivity contribution is -0.359. The third-order valence-corrected chi connectivity index (χ3v) is 13.6. The van der Waals surface area contributed by atoms with Crippen molar-refractivity contribution in [1.29, 1.82) is 0 Å². The first-order valence-electron chi connectivity index (χ1n) is 28.8. The number of hydrogen-bond donors (Lipinski definition) is 9. The number of carbonyl (C=O) groups excluding carboxylic acids is 1. The third-order valence-electron chi connectivity index (χ3n) is 13.6. The predicted octanol–water partition coefficient (Wildman–Crippen LogP) is 9.33. The van der Waals surface area contributed by atoms with E-state index in [1.807, 2.05) is 6.08 Å². The second-order valence-electron chi connectivity index (χ2n) is 20.0. The van der Waals surface area contributed by atoms with E-state index >= 15 is 0 Å². The van der Waals surface area contributed by atoms with Crippen molar-refractivity contribution >= 4 is 5.91 Å². The number of unbranched alkanes of at least 4 members (excludes halogenated alkanes) is 19. The van der Waals surface area contributed by atoms with Gasteiger partial charge in [-0.3, -0.25) is 4.79 Å². The largest absolute Gasteiger partial charge is 0.394 e. The first kappa shape index (κ1) is 67.3. The average molecular weight is 1050 g/mol. The summed E-state index contributed by atoms with van der Waals surface area (Å²) < 4.78 is 22.7. The zero-order valence-electron chi connectivity index (χ0n) is 45.6. The summed E-state index contributed by atoms with van der Waals surface area (Å²) in [5, 5.41) is 86.7. The summed E-state index contributed by atoms with van der Waals surface area (Å²) in [6.07, 6.45) is 43.7. The highest BCUT2D eigenvalue weighted by Crippen LogP contribution is 2.30. The molecule has 426 valence electrons. The highest BCUT2D eigenvalue weighted by Gasteiger charge is 2.51. The Kier molecular flexibility index (Phi) is 41.1. The van der Waals surface area contributed by atoms with Gasteiger partial charge in [0, 0.05) is 6.42 Å². The molecule has 14 heteroatoms. The van der Waals surface area contributed by atoms with Crippen molar-refractivity contribution in [3.63, 3.8) is 0 Å². The Hall–Kier alpha value is -2.83. The van der Waals surface area contributed by atoms with E-state index in [0.717, 1.165) is 70.6 Å². The standard InChI is InChI=1S/C60H103NO13/c1-3-5-7-9-11-13-14-15-16-17-18-19-20-21-22-23-24-25-26-27-28-29-30-31-32-33-34-36-38-40-42-44-52(65)61-48(49(64)43-41-39-37-35-12-10-8-6-4-2)47-71-59-57(70)55(68)58(51(46-63)73-59)74-60-56(69)54(67)53(66)50(45-62)72-60/h5,7,11-13,15-16,18-19,21-22,35,41,43,48-51,53-60,62-64,66-70H,3-4,6,8-10,14,17,20,23-34,36-40,42,44-47H2,1-2H3,(H,61,65)/b7-5-,13-11-,16-15-,19-18-,22-21-,35-12+,43-41+. The molecule has 1 amide bonds. The molecule has 14 nitrogen and oxygen atoms in total. The molecule has 74 heavy (non-hydrogen) atoms. The highest BCUT2D eigenvalue weighted by atomic mass is 16.7. The van der Waals surface area contributed by atoms with E-state index in [4.69, 9.17) is 18.9 Å². The summed E-state index contributed by atoms with van der Waals surface area (Å²) in [4.78, 5) is 13.2. The first-order chi connectivity index (χ1) is 36.1. The van der Waals surface area contributed by atoms with Crippen LogP contribution in [0.25, 0.3) is 0 Å². The van der Waals surface area contributed by atoms with Gasteiger partial charge in [0.1, 0.15) is 48.8 Å². The molecule has 2 rings (SSSR count). The third kappa shape index (κ3) is 30.8. The minimum Gasteiger partial charge on any atom is -0.394 e. The minimum absolute atomic E-state index is 0.256. The van der Waals surface area contributed by atoms with Gasteiger partial charge >= 0.3 is 0 Å². The molecule has 2 heterocycles. The number of allylic oxidation sites excluding steroid dienone is 13. The van der Waals surface area contributed by atoms with Crippen molar-refractivity contribution in [2.45, 2.75) is 267 Å². The molecule has 2 aliphatic heterocycles. The van der Waals surface area contributed by atoms with Crippen LogP contribution in [0, 0.1) is 0 Å². The molecular weight excluding hydrogens is 943 g/mol. The molecule has 2 aliphatic rings. The maximum atomic E-state index is 13.2. The summed E-state index contributed by atoms with van der Waals surface area (Å²) in [6, 6.07) is -0.933. The lowest BCUT2D eigenvalue weighted by atomic mass is 9.97. The van der Waals surface area contributed by atoms with Gasteiger partial charge in [-0.1, -0.05) is 195 Å². The number of amides is 1. The minimum atomic E-state index is -1.79.